The van der Waals surface area contributed by atoms with Gasteiger partial charge in [0.15, 0.2) is 11.6 Å². The summed E-state index contributed by atoms with van der Waals surface area (Å²) in [6, 6.07) is 14.8. The van der Waals surface area contributed by atoms with E-state index in [4.69, 9.17) is 16.3 Å². The maximum absolute atomic E-state index is 10.4. The van der Waals surface area contributed by atoms with Crippen LogP contribution in [0.2, 0.25) is 5.02 Å². The van der Waals surface area contributed by atoms with Crippen LogP contribution in [0.5, 0.6) is 5.75 Å². The van der Waals surface area contributed by atoms with Gasteiger partial charge in [-0.25, -0.2) is 9.97 Å². The molecule has 10 heteroatoms. The minimum Gasteiger partial charge on any atom is -0.510 e. The monoisotopic (exact) mass is 452 g/mol. The van der Waals surface area contributed by atoms with E-state index in [1.807, 2.05) is 43.3 Å². The van der Waals surface area contributed by atoms with Gasteiger partial charge in [0.2, 0.25) is 5.16 Å². The summed E-state index contributed by atoms with van der Waals surface area (Å²) >= 11 is 7.21. The summed E-state index contributed by atoms with van der Waals surface area (Å²) in [4.78, 5) is 11.7. The average molecular weight is 453 g/mol. The fourth-order valence-electron chi connectivity index (χ4n) is 2.80. The molecule has 4 rings (SSSR count). The Morgan fingerprint density at radius 2 is 2.10 bits per heavy atom. The van der Waals surface area contributed by atoms with Crippen LogP contribution < -0.4 is 4.74 Å². The number of hydrogen-bond donors (Lipinski definition) is 3. The molecule has 0 unspecified atom stereocenters. The number of rotatable bonds is 7. The lowest BCUT2D eigenvalue weighted by Crippen LogP contribution is -1.98. The molecule has 2 heterocycles. The van der Waals surface area contributed by atoms with Crippen molar-refractivity contribution in [3.63, 3.8) is 0 Å². The standard InChI is InChI=1S/C21H17ClN6O2S/c1-12-8-13(6-7-15(12)22)30-10-19-26-21(28-27-19)31-11-18(29)14(9-23)20-24-16-4-2-3-5-17(16)25-20/h2-8,29H,10-11H2,1H3,(H,24,25)(H,26,27,28). The number of thioether (sulfide) groups is 1. The van der Waals surface area contributed by atoms with Crippen molar-refractivity contribution >= 4 is 40.0 Å². The summed E-state index contributed by atoms with van der Waals surface area (Å²) in [5.41, 5.74) is 2.52. The van der Waals surface area contributed by atoms with Gasteiger partial charge >= 0.3 is 0 Å². The van der Waals surface area contributed by atoms with E-state index < -0.39 is 0 Å². The lowest BCUT2D eigenvalue weighted by Gasteiger charge is -2.05. The van der Waals surface area contributed by atoms with Crippen LogP contribution in [0.4, 0.5) is 0 Å². The molecule has 156 valence electrons. The van der Waals surface area contributed by atoms with E-state index in [1.54, 1.807) is 12.1 Å². The normalized spacial score (nSPS) is 11.9. The highest BCUT2D eigenvalue weighted by Gasteiger charge is 2.14. The lowest BCUT2D eigenvalue weighted by molar-refractivity contribution is 0.296. The van der Waals surface area contributed by atoms with Crippen molar-refractivity contribution in [3.05, 3.63) is 70.5 Å². The molecule has 0 fully saturated rings. The average Bonchev–Trinajstić information content (AvgIpc) is 3.40. The Hall–Kier alpha value is -3.48. The summed E-state index contributed by atoms with van der Waals surface area (Å²) in [5.74, 6) is 1.55. The smallest absolute Gasteiger partial charge is 0.208 e. The van der Waals surface area contributed by atoms with E-state index in [0.29, 0.717) is 27.6 Å². The topological polar surface area (TPSA) is 124 Å². The number of ether oxygens (including phenoxy) is 1. The van der Waals surface area contributed by atoms with E-state index >= 15 is 0 Å². The molecule has 4 aromatic rings. The van der Waals surface area contributed by atoms with Crippen molar-refractivity contribution < 1.29 is 9.84 Å². The fourth-order valence-corrected chi connectivity index (χ4v) is 3.61. The molecule has 0 atom stereocenters. The molecule has 8 nitrogen and oxygen atoms in total. The predicted octanol–water partition coefficient (Wildman–Crippen LogP) is 4.81. The minimum atomic E-state index is -0.106. The molecule has 0 spiro atoms. The first-order chi connectivity index (χ1) is 15.0. The summed E-state index contributed by atoms with van der Waals surface area (Å²) in [6.07, 6.45) is 0. The van der Waals surface area contributed by atoms with Gasteiger partial charge in [0.05, 0.1) is 16.8 Å². The van der Waals surface area contributed by atoms with Crippen molar-refractivity contribution in [1.82, 2.24) is 25.1 Å². The first-order valence-electron chi connectivity index (χ1n) is 9.24. The molecule has 2 aromatic carbocycles. The minimum absolute atomic E-state index is 0.0842. The Bertz CT molecular complexity index is 1270. The van der Waals surface area contributed by atoms with Crippen LogP contribution >= 0.6 is 23.4 Å². The highest BCUT2D eigenvalue weighted by molar-refractivity contribution is 7.99. The van der Waals surface area contributed by atoms with Crippen LogP contribution in [0.3, 0.4) is 0 Å². The second-order valence-corrected chi connectivity index (χ2v) is 7.94. The largest absolute Gasteiger partial charge is 0.510 e. The molecule has 3 N–H and O–H groups in total. The second-order valence-electron chi connectivity index (χ2n) is 6.59. The lowest BCUT2D eigenvalue weighted by atomic mass is 10.2. The number of nitriles is 1. The van der Waals surface area contributed by atoms with Gasteiger partial charge in [-0.1, -0.05) is 35.5 Å². The number of nitrogens with one attached hydrogen (secondary N) is 2. The first kappa shape index (κ1) is 20.8. The summed E-state index contributed by atoms with van der Waals surface area (Å²) in [5, 5.41) is 27.9. The summed E-state index contributed by atoms with van der Waals surface area (Å²) in [7, 11) is 0. The Morgan fingerprint density at radius 3 is 2.87 bits per heavy atom. The van der Waals surface area contributed by atoms with Crippen LogP contribution in [0.1, 0.15) is 17.2 Å². The number of hydrogen-bond acceptors (Lipinski definition) is 7. The molecule has 0 aliphatic carbocycles. The van der Waals surface area contributed by atoms with E-state index in [1.165, 1.54) is 11.8 Å². The van der Waals surface area contributed by atoms with Gasteiger partial charge in [-0.15, -0.1) is 5.10 Å². The van der Waals surface area contributed by atoms with Gasteiger partial charge in [0, 0.05) is 5.02 Å². The molecule has 0 saturated carbocycles. The van der Waals surface area contributed by atoms with Gasteiger partial charge in [0.1, 0.15) is 29.8 Å². The van der Waals surface area contributed by atoms with Crippen molar-refractivity contribution in [2.24, 2.45) is 0 Å². The van der Waals surface area contributed by atoms with E-state index in [9.17, 15) is 10.4 Å². The molecular formula is C21H17ClN6O2S. The maximum Gasteiger partial charge on any atom is 0.208 e. The van der Waals surface area contributed by atoms with Crippen LogP contribution in [-0.4, -0.2) is 36.0 Å². The molecule has 0 aliphatic rings. The molecule has 2 aromatic heterocycles. The number of halogens is 1. The van der Waals surface area contributed by atoms with Gasteiger partial charge in [-0.3, -0.25) is 5.10 Å². The molecular weight excluding hydrogens is 436 g/mol. The third-order valence-corrected chi connectivity index (χ3v) is 5.66. The van der Waals surface area contributed by atoms with Crippen molar-refractivity contribution in [1.29, 1.82) is 5.26 Å². The number of aryl methyl sites for hydroxylation is 1. The van der Waals surface area contributed by atoms with E-state index in [0.717, 1.165) is 16.6 Å². The van der Waals surface area contributed by atoms with Gasteiger partial charge in [-0.2, -0.15) is 5.26 Å². The zero-order chi connectivity index (χ0) is 21.8. The van der Waals surface area contributed by atoms with Crippen LogP contribution in [0, 0.1) is 18.3 Å². The number of nitrogens with zero attached hydrogens (tertiary/aromatic N) is 4. The predicted molar refractivity (Wildman–Crippen MR) is 119 cm³/mol. The number of aromatic nitrogens is 5. The third kappa shape index (κ3) is 4.82. The molecule has 0 amide bonds. The first-order valence-corrected chi connectivity index (χ1v) is 10.6. The maximum atomic E-state index is 10.4. The van der Waals surface area contributed by atoms with Crippen molar-refractivity contribution in [2.45, 2.75) is 18.7 Å². The third-order valence-electron chi connectivity index (χ3n) is 4.38. The molecule has 0 aliphatic heterocycles. The number of allylic oxidation sites excluding steroid dienone is 1. The fraction of sp³-hybridized carbons (Fsp3) is 0.143. The van der Waals surface area contributed by atoms with E-state index in [-0.39, 0.29) is 23.7 Å². The quantitative estimate of drug-likeness (QED) is 0.209. The molecule has 0 radical (unpaired) electrons. The number of imidazole rings is 1. The summed E-state index contributed by atoms with van der Waals surface area (Å²) in [6.45, 7) is 2.11. The summed E-state index contributed by atoms with van der Waals surface area (Å²) < 4.78 is 5.69. The zero-order valence-electron chi connectivity index (χ0n) is 16.4. The van der Waals surface area contributed by atoms with Crippen LogP contribution in [0.15, 0.2) is 53.4 Å². The van der Waals surface area contributed by atoms with Gasteiger partial charge < -0.3 is 14.8 Å². The highest BCUT2D eigenvalue weighted by Crippen LogP contribution is 2.24. The Labute approximate surface area is 186 Å². The number of para-hydroxylation sites is 2. The van der Waals surface area contributed by atoms with Crippen molar-refractivity contribution in [2.75, 3.05) is 5.75 Å². The highest BCUT2D eigenvalue weighted by atomic mass is 35.5. The Kier molecular flexibility index (Phi) is 6.11. The molecule has 0 bridgehead atoms. The van der Waals surface area contributed by atoms with Gasteiger partial charge in [0.25, 0.3) is 0 Å². The van der Waals surface area contributed by atoms with Gasteiger partial charge in [-0.05, 0) is 42.8 Å². The SMILES string of the molecule is Cc1cc(OCc2nc(SCC(O)=C(C#N)c3nc4ccccc4[nH]3)n[nH]2)ccc1Cl. The number of aliphatic hydroxyl groups is 1. The zero-order valence-corrected chi connectivity index (χ0v) is 18.0. The van der Waals surface area contributed by atoms with Crippen molar-refractivity contribution in [3.8, 4) is 11.8 Å². The molecule has 31 heavy (non-hydrogen) atoms. The molecule has 0 saturated heterocycles. The number of H-pyrrole nitrogens is 2. The number of aliphatic hydroxyl groups excluding tert-OH is 1. The van der Waals surface area contributed by atoms with Crippen LogP contribution in [0.25, 0.3) is 16.6 Å². The Morgan fingerprint density at radius 1 is 1.26 bits per heavy atom. The van der Waals surface area contributed by atoms with E-state index in [2.05, 4.69) is 25.1 Å². The number of benzene rings is 2. The number of aromatic amines is 2. The second kappa shape index (κ2) is 9.12. The number of fused-ring (bicyclic) bond motifs is 1. The van der Waals surface area contributed by atoms with Crippen LogP contribution in [-0.2, 0) is 6.61 Å². The Balaban J connectivity index is 1.39.